The van der Waals surface area contributed by atoms with E-state index in [0.717, 1.165) is 37.4 Å². The van der Waals surface area contributed by atoms with E-state index in [2.05, 4.69) is 43.3 Å². The fourth-order valence-electron chi connectivity index (χ4n) is 3.81. The molecule has 5 heteroatoms. The molecule has 0 bridgehead atoms. The molecular weight excluding hydrogens is 294 g/mol. The molecule has 0 amide bonds. The molecule has 0 aromatic rings. The van der Waals surface area contributed by atoms with Crippen LogP contribution in [0.2, 0.25) is 0 Å². The molecule has 2 aliphatic rings. The highest BCUT2D eigenvalue weighted by Crippen LogP contribution is 2.62. The second-order valence-corrected chi connectivity index (χ2v) is 9.90. The average Bonchev–Trinajstić information content (AvgIpc) is 2.87. The van der Waals surface area contributed by atoms with E-state index < -0.39 is 10.8 Å². The SMILES string of the molecule is CCS(=O)C1CCCC(NC(=NC)NC2C(C)(C)C2(C)C)C1. The molecule has 0 heterocycles. The lowest BCUT2D eigenvalue weighted by atomic mass is 9.95. The minimum Gasteiger partial charge on any atom is -0.354 e. The Kier molecular flexibility index (Phi) is 5.25. The van der Waals surface area contributed by atoms with Crippen molar-refractivity contribution in [3.05, 3.63) is 0 Å². The second-order valence-electron chi connectivity index (χ2n) is 7.89. The van der Waals surface area contributed by atoms with E-state index in [1.54, 1.807) is 0 Å². The van der Waals surface area contributed by atoms with Crippen LogP contribution in [0.5, 0.6) is 0 Å². The van der Waals surface area contributed by atoms with Crippen LogP contribution >= 0.6 is 0 Å². The zero-order valence-electron chi connectivity index (χ0n) is 15.0. The van der Waals surface area contributed by atoms with Crippen molar-refractivity contribution in [3.63, 3.8) is 0 Å². The summed E-state index contributed by atoms with van der Waals surface area (Å²) in [7, 11) is 1.16. The van der Waals surface area contributed by atoms with Gasteiger partial charge in [-0.25, -0.2) is 0 Å². The average molecular weight is 328 g/mol. The van der Waals surface area contributed by atoms with E-state index in [0.29, 0.717) is 28.2 Å². The summed E-state index contributed by atoms with van der Waals surface area (Å²) < 4.78 is 12.1. The lowest BCUT2D eigenvalue weighted by molar-refractivity contribution is 0.412. The molecule has 2 N–H and O–H groups in total. The number of guanidine groups is 1. The number of nitrogens with zero attached hydrogens (tertiary/aromatic N) is 1. The highest BCUT2D eigenvalue weighted by atomic mass is 32.2. The molecule has 128 valence electrons. The zero-order valence-corrected chi connectivity index (χ0v) is 15.8. The molecule has 2 saturated carbocycles. The van der Waals surface area contributed by atoms with E-state index in [4.69, 9.17) is 0 Å². The lowest BCUT2D eigenvalue weighted by Gasteiger charge is -2.30. The normalized spacial score (nSPS) is 32.4. The summed E-state index contributed by atoms with van der Waals surface area (Å²) in [4.78, 5) is 4.40. The van der Waals surface area contributed by atoms with E-state index >= 15 is 0 Å². The molecule has 22 heavy (non-hydrogen) atoms. The minimum absolute atomic E-state index is 0.295. The maximum atomic E-state index is 12.1. The third kappa shape index (κ3) is 3.34. The molecule has 0 radical (unpaired) electrons. The summed E-state index contributed by atoms with van der Waals surface area (Å²) in [6.07, 6.45) is 4.41. The Morgan fingerprint density at radius 2 is 1.82 bits per heavy atom. The molecular formula is C17H33N3OS. The van der Waals surface area contributed by atoms with Crippen molar-refractivity contribution in [1.82, 2.24) is 10.6 Å². The number of hydrogen-bond acceptors (Lipinski definition) is 2. The fraction of sp³-hybridized carbons (Fsp3) is 0.941. The molecule has 2 rings (SSSR count). The Bertz CT molecular complexity index is 445. The van der Waals surface area contributed by atoms with Crippen LogP contribution in [0.25, 0.3) is 0 Å². The molecule has 0 saturated heterocycles. The van der Waals surface area contributed by atoms with Gasteiger partial charge in [-0.3, -0.25) is 9.20 Å². The monoisotopic (exact) mass is 327 g/mol. The van der Waals surface area contributed by atoms with Crippen molar-refractivity contribution < 1.29 is 4.21 Å². The summed E-state index contributed by atoms with van der Waals surface area (Å²) in [5.41, 5.74) is 0.590. The van der Waals surface area contributed by atoms with Crippen molar-refractivity contribution in [3.8, 4) is 0 Å². The highest BCUT2D eigenvalue weighted by Gasteiger charge is 2.65. The van der Waals surface area contributed by atoms with E-state index in [1.165, 1.54) is 0 Å². The molecule has 3 atom stereocenters. The predicted molar refractivity (Wildman–Crippen MR) is 95.7 cm³/mol. The zero-order chi connectivity index (χ0) is 16.5. The van der Waals surface area contributed by atoms with Gasteiger partial charge < -0.3 is 10.6 Å². The molecule has 3 unspecified atom stereocenters. The molecule has 2 aliphatic carbocycles. The van der Waals surface area contributed by atoms with Gasteiger partial charge in [0, 0.05) is 40.9 Å². The first kappa shape index (κ1) is 17.8. The summed E-state index contributed by atoms with van der Waals surface area (Å²) in [5.74, 6) is 1.67. The highest BCUT2D eigenvalue weighted by molar-refractivity contribution is 7.85. The third-order valence-corrected chi connectivity index (χ3v) is 7.89. The molecule has 2 fully saturated rings. The van der Waals surface area contributed by atoms with Gasteiger partial charge in [0.1, 0.15) is 0 Å². The Hall–Kier alpha value is -0.580. The molecule has 0 spiro atoms. The van der Waals surface area contributed by atoms with Crippen LogP contribution in [0.1, 0.15) is 60.3 Å². The largest absolute Gasteiger partial charge is 0.354 e. The van der Waals surface area contributed by atoms with Crippen molar-refractivity contribution in [2.24, 2.45) is 15.8 Å². The predicted octanol–water partition coefficient (Wildman–Crippen LogP) is 2.67. The van der Waals surface area contributed by atoms with Gasteiger partial charge in [-0.1, -0.05) is 41.0 Å². The molecule has 0 aromatic carbocycles. The van der Waals surface area contributed by atoms with Gasteiger partial charge in [-0.05, 0) is 30.1 Å². The van der Waals surface area contributed by atoms with Crippen molar-refractivity contribution in [2.45, 2.75) is 77.6 Å². The first-order valence-corrected chi connectivity index (χ1v) is 9.99. The van der Waals surface area contributed by atoms with Gasteiger partial charge in [0.05, 0.1) is 0 Å². The van der Waals surface area contributed by atoms with Gasteiger partial charge in [0.2, 0.25) is 0 Å². The number of aliphatic imine (C=N–C) groups is 1. The molecule has 4 nitrogen and oxygen atoms in total. The van der Waals surface area contributed by atoms with Gasteiger partial charge in [-0.15, -0.1) is 0 Å². The van der Waals surface area contributed by atoms with Gasteiger partial charge in [0.15, 0.2) is 5.96 Å². The second kappa shape index (κ2) is 6.50. The number of hydrogen-bond donors (Lipinski definition) is 2. The van der Waals surface area contributed by atoms with E-state index in [-0.39, 0.29) is 0 Å². The Balaban J connectivity index is 1.90. The number of nitrogens with one attached hydrogen (secondary N) is 2. The van der Waals surface area contributed by atoms with Crippen LogP contribution < -0.4 is 10.6 Å². The summed E-state index contributed by atoms with van der Waals surface area (Å²) in [5, 5.41) is 7.51. The Labute approximate surface area is 138 Å². The summed E-state index contributed by atoms with van der Waals surface area (Å²) >= 11 is 0. The molecule has 0 aromatic heterocycles. The topological polar surface area (TPSA) is 53.5 Å². The van der Waals surface area contributed by atoms with Crippen LogP contribution in [-0.4, -0.2) is 40.3 Å². The minimum atomic E-state index is -0.675. The van der Waals surface area contributed by atoms with Crippen molar-refractivity contribution in [2.75, 3.05) is 12.8 Å². The smallest absolute Gasteiger partial charge is 0.191 e. The maximum Gasteiger partial charge on any atom is 0.191 e. The first-order valence-electron chi connectivity index (χ1n) is 8.61. The van der Waals surface area contributed by atoms with Gasteiger partial charge >= 0.3 is 0 Å². The van der Waals surface area contributed by atoms with Crippen molar-refractivity contribution in [1.29, 1.82) is 0 Å². The summed E-state index contributed by atoms with van der Waals surface area (Å²) in [6, 6.07) is 0.848. The number of rotatable bonds is 4. The van der Waals surface area contributed by atoms with Gasteiger partial charge in [0.25, 0.3) is 0 Å². The van der Waals surface area contributed by atoms with Gasteiger partial charge in [-0.2, -0.15) is 0 Å². The standard InChI is InChI=1S/C17H33N3OS/c1-7-22(21)13-10-8-9-12(11-13)19-15(18-6)20-14-16(2,3)17(14,4)5/h12-14H,7-11H2,1-6H3,(H2,18,19,20). The Morgan fingerprint density at radius 1 is 1.18 bits per heavy atom. The van der Waals surface area contributed by atoms with Crippen LogP contribution in [0.3, 0.4) is 0 Å². The molecule has 0 aliphatic heterocycles. The lowest BCUT2D eigenvalue weighted by Crippen LogP contribution is -2.48. The van der Waals surface area contributed by atoms with Crippen LogP contribution in [-0.2, 0) is 10.8 Å². The summed E-state index contributed by atoms with van der Waals surface area (Å²) in [6.45, 7) is 11.2. The maximum absolute atomic E-state index is 12.1. The quantitative estimate of drug-likeness (QED) is 0.616. The van der Waals surface area contributed by atoms with Crippen LogP contribution in [0, 0.1) is 10.8 Å². The first-order chi connectivity index (χ1) is 10.2. The van der Waals surface area contributed by atoms with E-state index in [1.807, 2.05) is 14.0 Å². The third-order valence-electron chi connectivity index (χ3n) is 6.15. The van der Waals surface area contributed by atoms with Crippen molar-refractivity contribution >= 4 is 16.8 Å². The Morgan fingerprint density at radius 3 is 2.32 bits per heavy atom. The van der Waals surface area contributed by atoms with Crippen LogP contribution in [0.15, 0.2) is 4.99 Å². The van der Waals surface area contributed by atoms with E-state index in [9.17, 15) is 4.21 Å². The fourth-order valence-corrected chi connectivity index (χ4v) is 5.16. The van der Waals surface area contributed by atoms with Crippen LogP contribution in [0.4, 0.5) is 0 Å².